The van der Waals surface area contributed by atoms with E-state index in [1.54, 1.807) is 12.0 Å². The van der Waals surface area contributed by atoms with Crippen LogP contribution in [0.4, 0.5) is 0 Å². The highest BCUT2D eigenvalue weighted by Crippen LogP contribution is 2.23. The highest BCUT2D eigenvalue weighted by atomic mass is 32.2. The van der Waals surface area contributed by atoms with Crippen molar-refractivity contribution in [3.63, 3.8) is 0 Å². The van der Waals surface area contributed by atoms with Crippen LogP contribution in [0.3, 0.4) is 0 Å². The summed E-state index contributed by atoms with van der Waals surface area (Å²) in [6.45, 7) is 2.93. The van der Waals surface area contributed by atoms with Crippen molar-refractivity contribution < 1.29 is 17.9 Å². The van der Waals surface area contributed by atoms with Gasteiger partial charge in [0.15, 0.2) is 9.84 Å². The lowest BCUT2D eigenvalue weighted by atomic mass is 9.98. The third kappa shape index (κ3) is 5.90. The van der Waals surface area contributed by atoms with Gasteiger partial charge in [-0.2, -0.15) is 0 Å². The number of carbonyl (C=O) groups excluding carboxylic acids is 1. The number of nitrogens with one attached hydrogen (secondary N) is 1. The van der Waals surface area contributed by atoms with Crippen LogP contribution in [0.15, 0.2) is 54.6 Å². The molecule has 6 nitrogen and oxygen atoms in total. The lowest BCUT2D eigenvalue weighted by Gasteiger charge is -2.29. The second-order valence-corrected chi connectivity index (χ2v) is 10.0. The zero-order chi connectivity index (χ0) is 21.6. The van der Waals surface area contributed by atoms with E-state index in [9.17, 15) is 13.2 Å². The molecule has 2 unspecified atom stereocenters. The molecule has 3 rings (SSSR count). The summed E-state index contributed by atoms with van der Waals surface area (Å²) >= 11 is 0. The Balaban J connectivity index is 1.75. The van der Waals surface area contributed by atoms with Crippen LogP contribution >= 0.6 is 0 Å². The fourth-order valence-corrected chi connectivity index (χ4v) is 5.58. The minimum atomic E-state index is -3.08. The third-order valence-corrected chi connectivity index (χ3v) is 7.26. The van der Waals surface area contributed by atoms with E-state index in [1.807, 2.05) is 37.3 Å². The van der Waals surface area contributed by atoms with Crippen molar-refractivity contribution >= 4 is 15.7 Å². The van der Waals surface area contributed by atoms with Crippen LogP contribution in [0.2, 0.25) is 0 Å². The summed E-state index contributed by atoms with van der Waals surface area (Å²) in [6, 6.07) is 17.8. The predicted molar refractivity (Wildman–Crippen MR) is 118 cm³/mol. The van der Waals surface area contributed by atoms with Crippen molar-refractivity contribution in [2.45, 2.75) is 25.4 Å². The molecule has 0 aromatic heterocycles. The van der Waals surface area contributed by atoms with Crippen molar-refractivity contribution in [2.75, 3.05) is 38.3 Å². The first-order valence-electron chi connectivity index (χ1n) is 10.2. The lowest BCUT2D eigenvalue weighted by molar-refractivity contribution is -0.132. The van der Waals surface area contributed by atoms with Gasteiger partial charge in [0, 0.05) is 19.7 Å². The first kappa shape index (κ1) is 22.5. The molecule has 1 aliphatic rings. The van der Waals surface area contributed by atoms with Gasteiger partial charge in [-0.15, -0.1) is 0 Å². The van der Waals surface area contributed by atoms with Gasteiger partial charge in [0.2, 0.25) is 5.91 Å². The standard InChI is InChI=1S/C23H30N2O4S/c1-18-8-10-20(11-9-18)23(19-6-4-3-5-7-19)24-16-22(26)25(13-14-29-2)21-12-15-30(27,28)17-21/h3-11,21,23-24H,12-17H2,1-2H3. The molecule has 30 heavy (non-hydrogen) atoms. The molecule has 0 radical (unpaired) electrons. The molecule has 2 atom stereocenters. The minimum absolute atomic E-state index is 0.0303. The number of nitrogens with zero attached hydrogens (tertiary/aromatic N) is 1. The van der Waals surface area contributed by atoms with Crippen LogP contribution in [-0.4, -0.2) is 63.6 Å². The van der Waals surface area contributed by atoms with E-state index in [1.165, 1.54) is 5.56 Å². The van der Waals surface area contributed by atoms with Gasteiger partial charge in [0.25, 0.3) is 0 Å². The molecular weight excluding hydrogens is 400 g/mol. The van der Waals surface area contributed by atoms with Crippen LogP contribution in [0.1, 0.15) is 29.2 Å². The zero-order valence-corrected chi connectivity index (χ0v) is 18.4. The number of rotatable bonds is 9. The Hall–Kier alpha value is -2.22. The number of benzene rings is 2. The number of aryl methyl sites for hydroxylation is 1. The van der Waals surface area contributed by atoms with E-state index >= 15 is 0 Å². The van der Waals surface area contributed by atoms with E-state index in [0.29, 0.717) is 19.6 Å². The molecule has 1 aliphatic heterocycles. The SMILES string of the molecule is COCCN(C(=O)CNC(c1ccccc1)c1ccc(C)cc1)C1CCS(=O)(=O)C1. The maximum Gasteiger partial charge on any atom is 0.236 e. The Bertz CT molecular complexity index is 929. The number of carbonyl (C=O) groups is 1. The maximum atomic E-state index is 13.1. The second-order valence-electron chi connectivity index (χ2n) is 7.77. The van der Waals surface area contributed by atoms with E-state index in [4.69, 9.17) is 4.74 Å². The Labute approximate surface area is 179 Å². The van der Waals surface area contributed by atoms with Crippen molar-refractivity contribution in [3.05, 3.63) is 71.3 Å². The van der Waals surface area contributed by atoms with Gasteiger partial charge < -0.3 is 9.64 Å². The maximum absolute atomic E-state index is 13.1. The molecule has 1 fully saturated rings. The number of hydrogen-bond acceptors (Lipinski definition) is 5. The molecule has 1 saturated heterocycles. The number of hydrogen-bond donors (Lipinski definition) is 1. The average Bonchev–Trinajstić information content (AvgIpc) is 3.10. The monoisotopic (exact) mass is 430 g/mol. The van der Waals surface area contributed by atoms with Gasteiger partial charge >= 0.3 is 0 Å². The lowest BCUT2D eigenvalue weighted by Crippen LogP contribution is -2.47. The van der Waals surface area contributed by atoms with Gasteiger partial charge in [-0.05, 0) is 24.5 Å². The van der Waals surface area contributed by atoms with Crippen LogP contribution < -0.4 is 5.32 Å². The molecule has 0 spiro atoms. The summed E-state index contributed by atoms with van der Waals surface area (Å²) in [6.07, 6.45) is 0.484. The summed E-state index contributed by atoms with van der Waals surface area (Å²) in [5, 5.41) is 3.39. The van der Waals surface area contributed by atoms with Gasteiger partial charge in [0.05, 0.1) is 30.7 Å². The third-order valence-electron chi connectivity index (χ3n) is 5.51. The quantitative estimate of drug-likeness (QED) is 0.661. The number of ether oxygens (including phenoxy) is 1. The summed E-state index contributed by atoms with van der Waals surface area (Å²) < 4.78 is 29.0. The first-order valence-corrected chi connectivity index (χ1v) is 12.1. The fourth-order valence-electron chi connectivity index (χ4n) is 3.85. The fraction of sp³-hybridized carbons (Fsp3) is 0.435. The smallest absolute Gasteiger partial charge is 0.236 e. The summed E-state index contributed by atoms with van der Waals surface area (Å²) in [7, 11) is -1.50. The van der Waals surface area contributed by atoms with Gasteiger partial charge in [-0.25, -0.2) is 8.42 Å². The molecule has 1 amide bonds. The highest BCUT2D eigenvalue weighted by molar-refractivity contribution is 7.91. The van der Waals surface area contributed by atoms with Crippen molar-refractivity contribution in [1.29, 1.82) is 0 Å². The van der Waals surface area contributed by atoms with E-state index < -0.39 is 9.84 Å². The minimum Gasteiger partial charge on any atom is -0.383 e. The molecule has 0 bridgehead atoms. The van der Waals surface area contributed by atoms with Crippen LogP contribution in [0.25, 0.3) is 0 Å². The van der Waals surface area contributed by atoms with Crippen LogP contribution in [0, 0.1) is 6.92 Å². The number of amides is 1. The Morgan fingerprint density at radius 1 is 1.13 bits per heavy atom. The first-order chi connectivity index (χ1) is 14.4. The topological polar surface area (TPSA) is 75.7 Å². The molecule has 0 aliphatic carbocycles. The van der Waals surface area contributed by atoms with Gasteiger partial charge in [0.1, 0.15) is 0 Å². The molecule has 1 heterocycles. The molecule has 162 valence electrons. The van der Waals surface area contributed by atoms with E-state index in [0.717, 1.165) is 11.1 Å². The Kier molecular flexibility index (Phi) is 7.64. The molecule has 1 N–H and O–H groups in total. The number of sulfone groups is 1. The van der Waals surface area contributed by atoms with E-state index in [-0.39, 0.29) is 36.0 Å². The normalized spacial score (nSPS) is 18.8. The molecular formula is C23H30N2O4S. The highest BCUT2D eigenvalue weighted by Gasteiger charge is 2.34. The Morgan fingerprint density at radius 2 is 1.80 bits per heavy atom. The van der Waals surface area contributed by atoms with Crippen LogP contribution in [-0.2, 0) is 19.4 Å². The van der Waals surface area contributed by atoms with Crippen molar-refractivity contribution in [2.24, 2.45) is 0 Å². The molecule has 2 aromatic rings. The average molecular weight is 431 g/mol. The van der Waals surface area contributed by atoms with Crippen molar-refractivity contribution in [3.8, 4) is 0 Å². The molecule has 7 heteroatoms. The largest absolute Gasteiger partial charge is 0.383 e. The summed E-state index contributed by atoms with van der Waals surface area (Å²) in [5.41, 5.74) is 3.32. The number of methoxy groups -OCH3 is 1. The van der Waals surface area contributed by atoms with E-state index in [2.05, 4.69) is 29.6 Å². The molecule has 2 aromatic carbocycles. The summed E-state index contributed by atoms with van der Waals surface area (Å²) in [5.74, 6) is 0.0580. The molecule has 0 saturated carbocycles. The van der Waals surface area contributed by atoms with Gasteiger partial charge in [-0.1, -0.05) is 60.2 Å². The van der Waals surface area contributed by atoms with Crippen LogP contribution in [0.5, 0.6) is 0 Å². The Morgan fingerprint density at radius 3 is 2.40 bits per heavy atom. The zero-order valence-electron chi connectivity index (χ0n) is 17.6. The summed E-state index contributed by atoms with van der Waals surface area (Å²) in [4.78, 5) is 14.7. The second kappa shape index (κ2) is 10.2. The van der Waals surface area contributed by atoms with Crippen molar-refractivity contribution in [1.82, 2.24) is 10.2 Å². The van der Waals surface area contributed by atoms with Gasteiger partial charge in [-0.3, -0.25) is 10.1 Å². The predicted octanol–water partition coefficient (Wildman–Crippen LogP) is 2.34.